The highest BCUT2D eigenvalue weighted by atomic mass is 32.2. The van der Waals surface area contributed by atoms with E-state index in [0.717, 1.165) is 18.6 Å². The molecule has 0 aromatic carbocycles. The Balaban J connectivity index is 3.90. The van der Waals surface area contributed by atoms with Crippen LogP contribution in [0, 0.1) is 5.92 Å². The number of hydrogen-bond donors (Lipinski definition) is 2. The highest BCUT2D eigenvalue weighted by Crippen LogP contribution is 2.06. The Bertz CT molecular complexity index is 187. The van der Waals surface area contributed by atoms with Gasteiger partial charge in [-0.25, -0.2) is 0 Å². The number of carbonyl (C=O) groups is 1. The normalized spacial score (nSPS) is 16.9. The smallest absolute Gasteiger partial charge is 0.237 e. The van der Waals surface area contributed by atoms with Gasteiger partial charge in [0, 0.05) is 6.04 Å². The first-order chi connectivity index (χ1) is 7.02. The van der Waals surface area contributed by atoms with Gasteiger partial charge in [-0.1, -0.05) is 20.3 Å². The first-order valence-corrected chi connectivity index (χ1v) is 6.97. The zero-order chi connectivity index (χ0) is 11.8. The van der Waals surface area contributed by atoms with Gasteiger partial charge in [-0.05, 0) is 31.3 Å². The zero-order valence-electron chi connectivity index (χ0n) is 10.2. The third-order valence-corrected chi connectivity index (χ3v) is 3.35. The fourth-order valence-electron chi connectivity index (χ4n) is 1.22. The predicted molar refractivity (Wildman–Crippen MR) is 68.0 cm³/mol. The molecule has 0 rings (SSSR count). The van der Waals surface area contributed by atoms with Crippen LogP contribution in [-0.4, -0.2) is 30.0 Å². The van der Waals surface area contributed by atoms with Crippen LogP contribution < -0.4 is 11.1 Å². The van der Waals surface area contributed by atoms with Gasteiger partial charge in [0.05, 0.1) is 6.04 Å². The Morgan fingerprint density at radius 1 is 1.47 bits per heavy atom. The maximum Gasteiger partial charge on any atom is 0.237 e. The average Bonchev–Trinajstić information content (AvgIpc) is 2.23. The number of carbonyl (C=O) groups excluding carboxylic acids is 1. The van der Waals surface area contributed by atoms with Crippen molar-refractivity contribution in [2.45, 2.75) is 45.7 Å². The summed E-state index contributed by atoms with van der Waals surface area (Å²) in [6, 6.07) is -0.146. The van der Waals surface area contributed by atoms with E-state index in [1.807, 2.05) is 13.8 Å². The van der Waals surface area contributed by atoms with Crippen LogP contribution in [0.4, 0.5) is 0 Å². The molecular formula is C11H24N2OS. The lowest BCUT2D eigenvalue weighted by molar-refractivity contribution is -0.124. The second kappa shape index (κ2) is 7.99. The number of nitrogens with one attached hydrogen (secondary N) is 1. The van der Waals surface area contributed by atoms with Gasteiger partial charge in [0.15, 0.2) is 0 Å². The molecule has 90 valence electrons. The molecule has 0 aromatic rings. The molecule has 4 heteroatoms. The quantitative estimate of drug-likeness (QED) is 0.701. The summed E-state index contributed by atoms with van der Waals surface area (Å²) in [5, 5.41) is 2.95. The lowest BCUT2D eigenvalue weighted by Gasteiger charge is -2.20. The molecule has 3 atom stereocenters. The lowest BCUT2D eigenvalue weighted by Crippen LogP contribution is -2.47. The second-order valence-electron chi connectivity index (χ2n) is 4.10. The van der Waals surface area contributed by atoms with E-state index in [2.05, 4.69) is 18.5 Å². The van der Waals surface area contributed by atoms with Crippen molar-refractivity contribution in [1.29, 1.82) is 0 Å². The molecule has 0 aliphatic rings. The molecule has 0 bridgehead atoms. The molecule has 1 amide bonds. The van der Waals surface area contributed by atoms with Crippen molar-refractivity contribution in [3.8, 4) is 0 Å². The summed E-state index contributed by atoms with van der Waals surface area (Å²) in [4.78, 5) is 11.7. The summed E-state index contributed by atoms with van der Waals surface area (Å²) >= 11 is 1.79. The number of rotatable bonds is 7. The van der Waals surface area contributed by atoms with E-state index < -0.39 is 0 Å². The van der Waals surface area contributed by atoms with Crippen LogP contribution >= 0.6 is 11.8 Å². The van der Waals surface area contributed by atoms with Gasteiger partial charge in [0.25, 0.3) is 0 Å². The fraction of sp³-hybridized carbons (Fsp3) is 0.909. The Morgan fingerprint density at radius 3 is 2.53 bits per heavy atom. The van der Waals surface area contributed by atoms with Crippen LogP contribution in [0.15, 0.2) is 0 Å². The number of hydrogen-bond acceptors (Lipinski definition) is 3. The van der Waals surface area contributed by atoms with E-state index in [-0.39, 0.29) is 23.9 Å². The van der Waals surface area contributed by atoms with E-state index in [0.29, 0.717) is 0 Å². The van der Waals surface area contributed by atoms with Crippen molar-refractivity contribution in [3.05, 3.63) is 0 Å². The molecule has 0 radical (unpaired) electrons. The molecule has 0 aromatic heterocycles. The topological polar surface area (TPSA) is 55.1 Å². The third-order valence-electron chi connectivity index (χ3n) is 2.70. The Hall–Kier alpha value is -0.220. The van der Waals surface area contributed by atoms with Gasteiger partial charge in [0.1, 0.15) is 0 Å². The first-order valence-electron chi connectivity index (χ1n) is 5.57. The van der Waals surface area contributed by atoms with Gasteiger partial charge in [-0.2, -0.15) is 11.8 Å². The molecule has 15 heavy (non-hydrogen) atoms. The van der Waals surface area contributed by atoms with Crippen molar-refractivity contribution >= 4 is 17.7 Å². The van der Waals surface area contributed by atoms with E-state index in [1.165, 1.54) is 0 Å². The van der Waals surface area contributed by atoms with Gasteiger partial charge in [-0.3, -0.25) is 4.79 Å². The van der Waals surface area contributed by atoms with Gasteiger partial charge >= 0.3 is 0 Å². The Kier molecular flexibility index (Phi) is 7.88. The van der Waals surface area contributed by atoms with Crippen LogP contribution in [0.2, 0.25) is 0 Å². The summed E-state index contributed by atoms with van der Waals surface area (Å²) in [5.74, 6) is 1.30. The minimum Gasteiger partial charge on any atom is -0.352 e. The van der Waals surface area contributed by atoms with Gasteiger partial charge in [0.2, 0.25) is 5.91 Å². The monoisotopic (exact) mass is 232 g/mol. The highest BCUT2D eigenvalue weighted by molar-refractivity contribution is 7.98. The minimum absolute atomic E-state index is 0.0158. The van der Waals surface area contributed by atoms with Crippen molar-refractivity contribution < 1.29 is 4.79 Å². The average molecular weight is 232 g/mol. The molecule has 0 spiro atoms. The van der Waals surface area contributed by atoms with Gasteiger partial charge in [-0.15, -0.1) is 0 Å². The van der Waals surface area contributed by atoms with Crippen molar-refractivity contribution in [2.24, 2.45) is 11.7 Å². The number of thioether (sulfide) groups is 1. The molecule has 0 saturated carbocycles. The molecule has 0 saturated heterocycles. The molecule has 0 heterocycles. The largest absolute Gasteiger partial charge is 0.352 e. The first kappa shape index (κ1) is 14.8. The third kappa shape index (κ3) is 6.05. The highest BCUT2D eigenvalue weighted by Gasteiger charge is 2.20. The summed E-state index contributed by atoms with van der Waals surface area (Å²) in [6.07, 6.45) is 4.01. The van der Waals surface area contributed by atoms with Crippen LogP contribution in [0.3, 0.4) is 0 Å². The summed E-state index contributed by atoms with van der Waals surface area (Å²) in [7, 11) is 0. The molecule has 3 nitrogen and oxygen atoms in total. The van der Waals surface area contributed by atoms with Crippen LogP contribution in [0.5, 0.6) is 0 Å². The number of nitrogens with two attached hydrogens (primary N) is 1. The molecule has 0 aliphatic carbocycles. The Labute approximate surface area is 97.6 Å². The predicted octanol–water partition coefficient (Wildman–Crippen LogP) is 1.62. The maximum absolute atomic E-state index is 11.7. The van der Waals surface area contributed by atoms with E-state index in [1.54, 1.807) is 11.8 Å². The van der Waals surface area contributed by atoms with E-state index in [4.69, 9.17) is 5.73 Å². The van der Waals surface area contributed by atoms with Crippen LogP contribution in [0.25, 0.3) is 0 Å². The zero-order valence-corrected chi connectivity index (χ0v) is 11.1. The van der Waals surface area contributed by atoms with Crippen LogP contribution in [-0.2, 0) is 4.79 Å². The summed E-state index contributed by atoms with van der Waals surface area (Å²) < 4.78 is 0. The second-order valence-corrected chi connectivity index (χ2v) is 5.09. The molecule has 2 unspecified atom stereocenters. The van der Waals surface area contributed by atoms with Crippen molar-refractivity contribution in [2.75, 3.05) is 12.0 Å². The van der Waals surface area contributed by atoms with E-state index >= 15 is 0 Å². The van der Waals surface area contributed by atoms with E-state index in [9.17, 15) is 4.79 Å². The molecule has 0 aliphatic heterocycles. The Morgan fingerprint density at radius 2 is 2.07 bits per heavy atom. The van der Waals surface area contributed by atoms with Gasteiger partial charge < -0.3 is 11.1 Å². The molecule has 0 fully saturated rings. The number of amides is 1. The van der Waals surface area contributed by atoms with Crippen molar-refractivity contribution in [3.63, 3.8) is 0 Å². The summed E-state index contributed by atoms with van der Waals surface area (Å²) in [6.45, 7) is 6.09. The fourth-order valence-corrected chi connectivity index (χ4v) is 1.81. The minimum atomic E-state index is -0.369. The maximum atomic E-state index is 11.7. The summed E-state index contributed by atoms with van der Waals surface area (Å²) in [5.41, 5.74) is 5.83. The molecular weight excluding hydrogens is 208 g/mol. The molecule has 3 N–H and O–H groups in total. The standard InChI is InChI=1S/C11H24N2OS/c1-5-8(2)10(12)11(14)13-9(3)6-7-15-4/h8-10H,5-7,12H2,1-4H3,(H,13,14)/t8?,9?,10-/m0/s1. The van der Waals surface area contributed by atoms with Crippen molar-refractivity contribution in [1.82, 2.24) is 5.32 Å². The SMILES string of the molecule is CCC(C)[C@H](N)C(=O)NC(C)CCSC. The van der Waals surface area contributed by atoms with Crippen LogP contribution in [0.1, 0.15) is 33.6 Å². The lowest BCUT2D eigenvalue weighted by atomic mass is 9.99.